The average molecular weight is 482 g/mol. The molecule has 1 heterocycles. The number of carbonyl (C=O) groups is 2. The van der Waals surface area contributed by atoms with Gasteiger partial charge in [0.25, 0.3) is 0 Å². The van der Waals surface area contributed by atoms with Crippen LogP contribution in [-0.2, 0) is 30.7 Å². The summed E-state index contributed by atoms with van der Waals surface area (Å²) >= 11 is 6.22. The van der Waals surface area contributed by atoms with Gasteiger partial charge in [-0.15, -0.1) is 0 Å². The maximum Gasteiger partial charge on any atom is 0.233 e. The predicted octanol–water partition coefficient (Wildman–Crippen LogP) is 3.46. The lowest BCUT2D eigenvalue weighted by atomic mass is 9.76. The van der Waals surface area contributed by atoms with E-state index in [0.717, 1.165) is 6.26 Å². The highest BCUT2D eigenvalue weighted by atomic mass is 35.5. The van der Waals surface area contributed by atoms with Crippen molar-refractivity contribution < 1.29 is 22.7 Å². The van der Waals surface area contributed by atoms with Gasteiger partial charge in [0.15, 0.2) is 15.7 Å². The number of nitrogens with one attached hydrogen (secondary N) is 1. The van der Waals surface area contributed by atoms with Crippen LogP contribution in [0.15, 0.2) is 35.4 Å². The van der Waals surface area contributed by atoms with E-state index < -0.39 is 21.4 Å². The number of halogens is 1. The third kappa shape index (κ3) is 5.96. The molecule has 1 amide bonds. The Bertz CT molecular complexity index is 1120. The highest BCUT2D eigenvalue weighted by molar-refractivity contribution is 7.90. The molecule has 174 valence electrons. The number of ketones is 1. The minimum Gasteiger partial charge on any atom is -0.377 e. The zero-order valence-corrected chi connectivity index (χ0v) is 20.2. The van der Waals surface area contributed by atoms with E-state index in [1.807, 2.05) is 13.8 Å². The van der Waals surface area contributed by atoms with Gasteiger partial charge in [-0.2, -0.15) is 5.10 Å². The lowest BCUT2D eigenvalue weighted by Gasteiger charge is -2.28. The van der Waals surface area contributed by atoms with Gasteiger partial charge in [0.05, 0.1) is 28.0 Å². The molecule has 8 nitrogen and oxygen atoms in total. The molecule has 0 radical (unpaired) electrons. The van der Waals surface area contributed by atoms with Crippen molar-refractivity contribution in [3.8, 4) is 0 Å². The Morgan fingerprint density at radius 3 is 2.59 bits per heavy atom. The van der Waals surface area contributed by atoms with Crippen molar-refractivity contribution in [3.05, 3.63) is 41.0 Å². The van der Waals surface area contributed by atoms with Crippen LogP contribution < -0.4 is 5.32 Å². The smallest absolute Gasteiger partial charge is 0.233 e. The number of methoxy groups -OCH3 is 1. The molecule has 1 atom stereocenters. The Balaban J connectivity index is 1.81. The number of anilines is 1. The summed E-state index contributed by atoms with van der Waals surface area (Å²) in [7, 11) is -1.86. The summed E-state index contributed by atoms with van der Waals surface area (Å²) in [4.78, 5) is 24.6. The zero-order chi connectivity index (χ0) is 23.7. The fourth-order valence-electron chi connectivity index (χ4n) is 3.70. The maximum atomic E-state index is 13.2. The van der Waals surface area contributed by atoms with E-state index in [-0.39, 0.29) is 27.5 Å². The number of hydrogen-bond acceptors (Lipinski definition) is 6. The molecular weight excluding hydrogens is 454 g/mol. The first-order valence-electron chi connectivity index (χ1n) is 10.3. The Morgan fingerprint density at radius 1 is 1.34 bits per heavy atom. The lowest BCUT2D eigenvalue weighted by Crippen LogP contribution is -2.30. The summed E-state index contributed by atoms with van der Waals surface area (Å²) in [6.45, 7) is 4.38. The molecule has 0 aliphatic heterocycles. The van der Waals surface area contributed by atoms with Crippen LogP contribution in [-0.4, -0.2) is 48.9 Å². The van der Waals surface area contributed by atoms with Crippen LogP contribution in [0, 0.1) is 5.92 Å². The van der Waals surface area contributed by atoms with Crippen LogP contribution >= 0.6 is 11.6 Å². The molecule has 1 aromatic heterocycles. The summed E-state index contributed by atoms with van der Waals surface area (Å²) in [5.74, 6) is -0.204. The Kier molecular flexibility index (Phi) is 7.12. The molecule has 0 bridgehead atoms. The Labute approximate surface area is 193 Å². The van der Waals surface area contributed by atoms with Gasteiger partial charge in [0, 0.05) is 38.5 Å². The summed E-state index contributed by atoms with van der Waals surface area (Å²) in [6.07, 6.45) is 4.19. The Hall–Kier alpha value is -2.23. The molecule has 0 unspecified atom stereocenters. The van der Waals surface area contributed by atoms with Crippen LogP contribution in [0.4, 0.5) is 5.82 Å². The Morgan fingerprint density at radius 2 is 2.03 bits per heavy atom. The van der Waals surface area contributed by atoms with Gasteiger partial charge in [0.2, 0.25) is 5.91 Å². The number of ether oxygens (including phenoxy) is 1. The van der Waals surface area contributed by atoms with Crippen molar-refractivity contribution in [1.29, 1.82) is 0 Å². The van der Waals surface area contributed by atoms with Crippen molar-refractivity contribution >= 4 is 38.9 Å². The average Bonchev–Trinajstić information content (AvgIpc) is 3.09. The third-order valence-electron chi connectivity index (χ3n) is 5.66. The fourth-order valence-corrected chi connectivity index (χ4v) is 5.04. The maximum absolute atomic E-state index is 13.2. The van der Waals surface area contributed by atoms with Crippen molar-refractivity contribution in [2.24, 2.45) is 5.92 Å². The minimum absolute atomic E-state index is 0.0143. The van der Waals surface area contributed by atoms with Crippen molar-refractivity contribution in [3.63, 3.8) is 0 Å². The summed E-state index contributed by atoms with van der Waals surface area (Å²) < 4.78 is 30.9. The molecule has 2 aromatic rings. The number of Topliss-reactive ketones (excluding diaryl/α,β-unsaturated/α-hetero) is 1. The monoisotopic (exact) mass is 481 g/mol. The van der Waals surface area contributed by atoms with Gasteiger partial charge < -0.3 is 10.1 Å². The number of carbonyl (C=O) groups excluding carboxylic acids is 2. The first-order chi connectivity index (χ1) is 14.9. The number of rotatable bonds is 9. The highest BCUT2D eigenvalue weighted by Crippen LogP contribution is 2.36. The van der Waals surface area contributed by atoms with Crippen molar-refractivity contribution in [1.82, 2.24) is 9.78 Å². The topological polar surface area (TPSA) is 107 Å². The molecule has 10 heteroatoms. The van der Waals surface area contributed by atoms with E-state index in [9.17, 15) is 18.0 Å². The number of amides is 1. The molecular formula is C22H28ClN3O5S. The van der Waals surface area contributed by atoms with E-state index in [0.29, 0.717) is 37.2 Å². The summed E-state index contributed by atoms with van der Waals surface area (Å²) in [5.41, 5.74) is 0.184. The minimum atomic E-state index is -3.48. The molecule has 1 saturated carbocycles. The van der Waals surface area contributed by atoms with E-state index in [1.165, 1.54) is 12.1 Å². The molecule has 1 N–H and O–H groups in total. The zero-order valence-electron chi connectivity index (χ0n) is 18.6. The van der Waals surface area contributed by atoms with E-state index in [2.05, 4.69) is 10.4 Å². The molecule has 32 heavy (non-hydrogen) atoms. The molecule has 1 aliphatic carbocycles. The number of benzene rings is 1. The molecule has 3 rings (SSSR count). The van der Waals surface area contributed by atoms with Crippen LogP contribution in [0.3, 0.4) is 0 Å². The van der Waals surface area contributed by atoms with Gasteiger partial charge in [-0.05, 0) is 43.9 Å². The fraction of sp³-hybridized carbons (Fsp3) is 0.500. The first-order valence-corrected chi connectivity index (χ1v) is 12.6. The number of aromatic nitrogens is 2. The lowest BCUT2D eigenvalue weighted by molar-refractivity contribution is -0.128. The predicted molar refractivity (Wildman–Crippen MR) is 122 cm³/mol. The van der Waals surface area contributed by atoms with Gasteiger partial charge in [0.1, 0.15) is 5.78 Å². The standard InChI is InChI=1S/C22H28ClN3O5S/c1-22(2,31-3)13-26-8-7-20(25-26)24-21(28)17(11-14-9-16(27)10-14)15-5-6-19(18(23)12-15)32(4,29)30/h5-8,12,14,17H,9-11,13H2,1-4H3,(H,24,25,28)/t17-/m1/s1. The molecule has 1 fully saturated rings. The quantitative estimate of drug-likeness (QED) is 0.587. The van der Waals surface area contributed by atoms with Gasteiger partial charge >= 0.3 is 0 Å². The SMILES string of the molecule is COC(C)(C)Cn1ccc(NC(=O)[C@H](CC2CC(=O)C2)c2ccc(S(C)(=O)=O)c(Cl)c2)n1. The van der Waals surface area contributed by atoms with E-state index in [1.54, 1.807) is 30.1 Å². The van der Waals surface area contributed by atoms with Crippen LogP contribution in [0.5, 0.6) is 0 Å². The second-order valence-corrected chi connectivity index (χ2v) is 11.3. The van der Waals surface area contributed by atoms with Crippen LogP contribution in [0.25, 0.3) is 0 Å². The summed E-state index contributed by atoms with van der Waals surface area (Å²) in [5, 5.41) is 7.30. The largest absolute Gasteiger partial charge is 0.377 e. The normalized spacial score (nSPS) is 16.0. The first kappa shape index (κ1) is 24.4. The molecule has 0 saturated heterocycles. The molecule has 0 spiro atoms. The number of sulfone groups is 1. The third-order valence-corrected chi connectivity index (χ3v) is 7.24. The van der Waals surface area contributed by atoms with Gasteiger partial charge in [-0.3, -0.25) is 14.3 Å². The molecule has 1 aromatic carbocycles. The highest BCUT2D eigenvalue weighted by Gasteiger charge is 2.33. The number of hydrogen-bond donors (Lipinski definition) is 1. The van der Waals surface area contributed by atoms with E-state index in [4.69, 9.17) is 16.3 Å². The van der Waals surface area contributed by atoms with E-state index >= 15 is 0 Å². The van der Waals surface area contributed by atoms with Crippen LogP contribution in [0.1, 0.15) is 44.6 Å². The van der Waals surface area contributed by atoms with Gasteiger partial charge in [-0.1, -0.05) is 17.7 Å². The van der Waals surface area contributed by atoms with Crippen molar-refractivity contribution in [2.45, 2.75) is 56.1 Å². The van der Waals surface area contributed by atoms with Crippen molar-refractivity contribution in [2.75, 3.05) is 18.7 Å². The second-order valence-electron chi connectivity index (χ2n) is 8.91. The van der Waals surface area contributed by atoms with Crippen LogP contribution in [0.2, 0.25) is 5.02 Å². The summed E-state index contributed by atoms with van der Waals surface area (Å²) in [6, 6.07) is 6.24. The van der Waals surface area contributed by atoms with Gasteiger partial charge in [-0.25, -0.2) is 8.42 Å². The second kappa shape index (κ2) is 9.33. The molecule has 1 aliphatic rings. The number of nitrogens with zero attached hydrogens (tertiary/aromatic N) is 2.